The number of nitrogens with zero attached hydrogens (tertiary/aromatic N) is 2. The lowest BCUT2D eigenvalue weighted by Crippen LogP contribution is -2.39. The summed E-state index contributed by atoms with van der Waals surface area (Å²) in [5.74, 6) is 0. The molecule has 1 aliphatic rings. The first-order chi connectivity index (χ1) is 35.7. The van der Waals surface area contributed by atoms with Gasteiger partial charge < -0.3 is 0 Å². The Labute approximate surface area is 429 Å². The van der Waals surface area contributed by atoms with Crippen LogP contribution in [-0.4, -0.2) is 12.1 Å². The molecule has 72 heavy (non-hydrogen) atoms. The molecule has 10 aromatic rings. The highest BCUT2D eigenvalue weighted by molar-refractivity contribution is 7.91. The maximum Gasteiger partial charge on any atom is 0.0718 e. The third kappa shape index (κ3) is 9.64. The Morgan fingerprint density at radius 1 is 0.264 bits per heavy atom. The zero-order valence-corrected chi connectivity index (χ0v) is 44.0. The molecule has 2 atom stereocenters. The fourth-order valence-electron chi connectivity index (χ4n) is 10.6. The van der Waals surface area contributed by atoms with Crippen molar-refractivity contribution in [1.29, 1.82) is 0 Å². The topological polar surface area (TPSA) is 24.7 Å². The van der Waals surface area contributed by atoms with E-state index < -0.39 is 30.0 Å². The Kier molecular flexibility index (Phi) is 15.0. The lowest BCUT2D eigenvalue weighted by atomic mass is 9.92. The molecule has 0 aromatic heterocycles. The van der Waals surface area contributed by atoms with Crippen LogP contribution >= 0.6 is 30.0 Å². The van der Waals surface area contributed by atoms with Gasteiger partial charge >= 0.3 is 0 Å². The molecule has 0 heterocycles. The Hall–Kier alpha value is -6.48. The summed E-state index contributed by atoms with van der Waals surface area (Å²) in [6.07, 6.45) is 4.15. The highest BCUT2D eigenvalue weighted by Gasteiger charge is 2.39. The van der Waals surface area contributed by atoms with Crippen LogP contribution < -0.4 is 63.7 Å². The minimum absolute atomic E-state index is 0.0519. The van der Waals surface area contributed by atoms with Crippen molar-refractivity contribution < 1.29 is 0 Å². The summed E-state index contributed by atoms with van der Waals surface area (Å²) in [6, 6.07) is 109. The van der Waals surface area contributed by atoms with Gasteiger partial charge in [-0.15, -0.1) is 0 Å². The maximum atomic E-state index is 6.66. The van der Waals surface area contributed by atoms with Crippen molar-refractivity contribution in [3.63, 3.8) is 0 Å². The number of hydrogen-bond acceptors (Lipinski definition) is 2. The van der Waals surface area contributed by atoms with Crippen LogP contribution in [0, 0.1) is 0 Å². The molecule has 1 saturated carbocycles. The van der Waals surface area contributed by atoms with Crippen molar-refractivity contribution in [2.45, 2.75) is 37.8 Å². The third-order valence-corrected chi connectivity index (χ3v) is 26.9. The van der Waals surface area contributed by atoms with Gasteiger partial charge in [-0.05, 0) is 60.5 Å². The molecule has 6 heteroatoms. The highest BCUT2D eigenvalue weighted by atomic mass is 31.2. The van der Waals surface area contributed by atoms with E-state index in [1.54, 1.807) is 0 Å². The van der Waals surface area contributed by atoms with E-state index in [0.29, 0.717) is 0 Å². The molecule has 0 amide bonds. The largest absolute Gasteiger partial charge is 0.284 e. The Morgan fingerprint density at radius 2 is 0.486 bits per heavy atom. The van der Waals surface area contributed by atoms with E-state index in [1.807, 2.05) is 0 Å². The first-order valence-electron chi connectivity index (χ1n) is 25.2. The van der Waals surface area contributed by atoms with Crippen LogP contribution in [0.4, 0.5) is 0 Å². The molecule has 1 aliphatic carbocycles. The van der Waals surface area contributed by atoms with Crippen LogP contribution in [0.15, 0.2) is 301 Å². The zero-order chi connectivity index (χ0) is 48.4. The molecule has 1 fully saturated rings. The molecule has 0 spiro atoms. The van der Waals surface area contributed by atoms with E-state index in [9.17, 15) is 0 Å². The van der Waals surface area contributed by atoms with E-state index in [4.69, 9.17) is 9.49 Å². The van der Waals surface area contributed by atoms with E-state index in [1.165, 1.54) is 63.7 Å². The van der Waals surface area contributed by atoms with Crippen LogP contribution in [0.5, 0.6) is 0 Å². The average Bonchev–Trinajstić information content (AvgIpc) is 3.47. The molecule has 0 radical (unpaired) electrons. The minimum Gasteiger partial charge on any atom is -0.284 e. The van der Waals surface area contributed by atoms with Crippen LogP contribution in [0.1, 0.15) is 25.7 Å². The van der Waals surface area contributed by atoms with E-state index in [2.05, 4.69) is 291 Å². The second-order valence-corrected chi connectivity index (χ2v) is 28.7. The van der Waals surface area contributed by atoms with Gasteiger partial charge in [0.15, 0.2) is 0 Å². The summed E-state index contributed by atoms with van der Waals surface area (Å²) in [5, 5.41) is 15.8. The van der Waals surface area contributed by atoms with Crippen LogP contribution in [0.3, 0.4) is 0 Å². The standard InChI is InChI=1S/C66H58N2P4/c1-9-31-53(32-10-1)69(54-33-11-2-12-34-54)63-49-27-29-51-65(63)71(57-39-17-5-18-40-57,58-41-19-6-20-42-58)67-61-47-25-26-48-62(61)68-72(59-43-21-7-22-44-59,60-45-23-8-24-46-60)66-52-30-28-50-64(66)70(55-35-13-3-14-36-55)56-37-15-4-16-38-56/h1-24,27-46,49-52,61-62H,25-26,47-48H2/t61-,62-/m0/s1. The second-order valence-electron chi connectivity index (χ2n) is 18.3. The fraction of sp³-hybridized carbons (Fsp3) is 0.0909. The molecule has 0 bridgehead atoms. The van der Waals surface area contributed by atoms with Gasteiger partial charge in [-0.1, -0.05) is 304 Å². The quantitative estimate of drug-likeness (QED) is 0.0970. The Morgan fingerprint density at radius 3 is 0.750 bits per heavy atom. The third-order valence-electron chi connectivity index (χ3n) is 13.9. The van der Waals surface area contributed by atoms with Gasteiger partial charge in [-0.2, -0.15) is 0 Å². The minimum atomic E-state index is -2.78. The summed E-state index contributed by atoms with van der Waals surface area (Å²) in [4.78, 5) is 0. The number of hydrogen-bond donors (Lipinski definition) is 0. The summed E-state index contributed by atoms with van der Waals surface area (Å²) >= 11 is 0. The van der Waals surface area contributed by atoms with Gasteiger partial charge in [0.05, 0.1) is 26.2 Å². The maximum absolute atomic E-state index is 6.66. The van der Waals surface area contributed by atoms with E-state index in [0.717, 1.165) is 25.7 Å². The summed E-state index contributed by atoms with van der Waals surface area (Å²) < 4.78 is 13.3. The van der Waals surface area contributed by atoms with Crippen molar-refractivity contribution >= 4 is 93.6 Å². The van der Waals surface area contributed by atoms with Gasteiger partial charge in [-0.3, -0.25) is 9.49 Å². The van der Waals surface area contributed by atoms with Crippen molar-refractivity contribution in [2.24, 2.45) is 9.49 Å². The Balaban J connectivity index is 1.22. The summed E-state index contributed by atoms with van der Waals surface area (Å²) in [7, 11) is -7.48. The molecule has 0 unspecified atom stereocenters. The molecule has 10 aromatic carbocycles. The molecule has 0 saturated heterocycles. The fourth-order valence-corrected chi connectivity index (χ4v) is 24.5. The smallest absolute Gasteiger partial charge is 0.0718 e. The van der Waals surface area contributed by atoms with Gasteiger partial charge in [0.2, 0.25) is 0 Å². The van der Waals surface area contributed by atoms with Gasteiger partial charge in [0.25, 0.3) is 0 Å². The predicted molar refractivity (Wildman–Crippen MR) is 319 cm³/mol. The highest BCUT2D eigenvalue weighted by Crippen LogP contribution is 2.54. The van der Waals surface area contributed by atoms with E-state index in [-0.39, 0.29) is 12.1 Å². The van der Waals surface area contributed by atoms with Gasteiger partial charge in [-0.25, -0.2) is 0 Å². The zero-order valence-electron chi connectivity index (χ0n) is 40.4. The van der Waals surface area contributed by atoms with Crippen molar-refractivity contribution in [2.75, 3.05) is 0 Å². The predicted octanol–water partition coefficient (Wildman–Crippen LogP) is 12.2. The lowest BCUT2D eigenvalue weighted by Gasteiger charge is -2.38. The van der Waals surface area contributed by atoms with Crippen LogP contribution in [0.25, 0.3) is 0 Å². The molecule has 11 rings (SSSR count). The number of benzene rings is 10. The first-order valence-corrected chi connectivity index (χ1v) is 31.4. The van der Waals surface area contributed by atoms with Gasteiger partial charge in [0.1, 0.15) is 0 Å². The van der Waals surface area contributed by atoms with Crippen molar-refractivity contribution in [1.82, 2.24) is 0 Å². The monoisotopic (exact) mass is 1000 g/mol. The molecular formula is C66H58N2P4. The normalized spacial score (nSPS) is 15.0. The van der Waals surface area contributed by atoms with Crippen LogP contribution in [-0.2, 0) is 0 Å². The first kappa shape index (κ1) is 47.8. The lowest BCUT2D eigenvalue weighted by molar-refractivity contribution is 0.393. The van der Waals surface area contributed by atoms with Gasteiger partial charge in [0, 0.05) is 31.8 Å². The molecule has 0 aliphatic heterocycles. The second kappa shape index (κ2) is 22.5. The SMILES string of the molecule is c1ccc(P(c2ccccc2)c2ccccc2P(=N[C@H]2CCCC[C@@H]2N=P(c2ccccc2)(c2ccccc2)c2ccccc2P(c2ccccc2)c2ccccc2)(c2ccccc2)c2ccccc2)cc1. The Bertz CT molecular complexity index is 3030. The molecule has 352 valence electrons. The summed E-state index contributed by atoms with van der Waals surface area (Å²) in [6.45, 7) is 0. The molecule has 0 N–H and O–H groups in total. The van der Waals surface area contributed by atoms with Crippen LogP contribution in [0.2, 0.25) is 0 Å². The van der Waals surface area contributed by atoms with Crippen molar-refractivity contribution in [3.8, 4) is 0 Å². The average molecular weight is 1000 g/mol. The number of rotatable bonds is 14. The van der Waals surface area contributed by atoms with E-state index >= 15 is 0 Å². The summed E-state index contributed by atoms with van der Waals surface area (Å²) in [5.41, 5.74) is 0. The molecule has 2 nitrogen and oxygen atoms in total. The van der Waals surface area contributed by atoms with Crippen molar-refractivity contribution in [3.05, 3.63) is 291 Å². The molecular weight excluding hydrogens is 945 g/mol.